The van der Waals surface area contributed by atoms with E-state index in [4.69, 9.17) is 11.6 Å². The van der Waals surface area contributed by atoms with E-state index in [1.807, 2.05) is 19.2 Å². The maximum Gasteiger partial charge on any atom is 0.0674 e. The smallest absolute Gasteiger partial charge is 0.0674 e. The topological polar surface area (TPSA) is 17.0 Å². The summed E-state index contributed by atoms with van der Waals surface area (Å²) < 4.78 is 2.27. The number of fused-ring (bicyclic) bond motifs is 1. The Morgan fingerprint density at radius 3 is 2.61 bits per heavy atom. The van der Waals surface area contributed by atoms with Gasteiger partial charge in [0.15, 0.2) is 0 Å². The first-order valence-corrected chi connectivity index (χ1v) is 6.87. The lowest BCUT2D eigenvalue weighted by molar-refractivity contribution is 0.598. The summed E-state index contributed by atoms with van der Waals surface area (Å²) in [7, 11) is 2.00. The molecule has 18 heavy (non-hydrogen) atoms. The quantitative estimate of drug-likeness (QED) is 0.882. The van der Waals surface area contributed by atoms with Gasteiger partial charge in [-0.05, 0) is 45.9 Å². The van der Waals surface area contributed by atoms with Crippen molar-refractivity contribution >= 4 is 22.5 Å². The zero-order valence-electron chi connectivity index (χ0n) is 11.5. The van der Waals surface area contributed by atoms with E-state index < -0.39 is 0 Å². The van der Waals surface area contributed by atoms with Crippen molar-refractivity contribution in [3.63, 3.8) is 0 Å². The predicted molar refractivity (Wildman–Crippen MR) is 79.6 cm³/mol. The van der Waals surface area contributed by atoms with E-state index in [1.54, 1.807) is 0 Å². The van der Waals surface area contributed by atoms with Gasteiger partial charge in [0.05, 0.1) is 10.5 Å². The van der Waals surface area contributed by atoms with Crippen LogP contribution in [0.2, 0.25) is 5.02 Å². The van der Waals surface area contributed by atoms with Crippen LogP contribution in [-0.4, -0.2) is 17.7 Å². The van der Waals surface area contributed by atoms with Crippen molar-refractivity contribution in [3.8, 4) is 0 Å². The Morgan fingerprint density at radius 1 is 1.28 bits per heavy atom. The highest BCUT2D eigenvalue weighted by molar-refractivity contribution is 6.35. The first-order chi connectivity index (χ1) is 8.54. The fourth-order valence-corrected chi connectivity index (χ4v) is 2.61. The van der Waals surface area contributed by atoms with Crippen molar-refractivity contribution in [2.45, 2.75) is 39.3 Å². The van der Waals surface area contributed by atoms with Gasteiger partial charge in [-0.1, -0.05) is 23.7 Å². The lowest BCUT2D eigenvalue weighted by Crippen LogP contribution is -2.23. The Kier molecular flexibility index (Phi) is 3.98. The van der Waals surface area contributed by atoms with E-state index in [0.717, 1.165) is 17.0 Å². The van der Waals surface area contributed by atoms with Crippen LogP contribution < -0.4 is 5.32 Å². The normalized spacial score (nSPS) is 13.4. The molecular formula is C15H21ClN2. The largest absolute Gasteiger partial charge is 0.343 e. The molecule has 1 aromatic heterocycles. The molecule has 0 amide bonds. The zero-order valence-corrected chi connectivity index (χ0v) is 12.3. The van der Waals surface area contributed by atoms with Crippen molar-refractivity contribution in [2.75, 3.05) is 7.05 Å². The predicted octanol–water partition coefficient (Wildman–Crippen LogP) is 4.03. The molecule has 0 spiro atoms. The van der Waals surface area contributed by atoms with Crippen molar-refractivity contribution < 1.29 is 0 Å². The van der Waals surface area contributed by atoms with Crippen LogP contribution in [0.3, 0.4) is 0 Å². The van der Waals surface area contributed by atoms with Crippen molar-refractivity contribution in [1.29, 1.82) is 0 Å². The minimum absolute atomic E-state index is 0.422. The molecule has 0 fully saturated rings. The minimum atomic E-state index is 0.422. The Balaban J connectivity index is 2.58. The first-order valence-electron chi connectivity index (χ1n) is 6.49. The van der Waals surface area contributed by atoms with Crippen LogP contribution in [-0.2, 0) is 6.42 Å². The highest BCUT2D eigenvalue weighted by atomic mass is 35.5. The van der Waals surface area contributed by atoms with Gasteiger partial charge in [-0.3, -0.25) is 0 Å². The van der Waals surface area contributed by atoms with Gasteiger partial charge in [0, 0.05) is 23.7 Å². The number of hydrogen-bond acceptors (Lipinski definition) is 1. The number of aromatic nitrogens is 1. The molecule has 0 aliphatic rings. The van der Waals surface area contributed by atoms with E-state index in [-0.39, 0.29) is 0 Å². The molecule has 0 aliphatic carbocycles. The molecule has 0 bridgehead atoms. The van der Waals surface area contributed by atoms with Gasteiger partial charge in [0.25, 0.3) is 0 Å². The molecule has 3 heteroatoms. The monoisotopic (exact) mass is 264 g/mol. The second-order valence-electron chi connectivity index (χ2n) is 5.19. The molecule has 2 aromatic rings. The summed E-state index contributed by atoms with van der Waals surface area (Å²) in [5, 5.41) is 5.40. The Hall–Kier alpha value is -0.990. The van der Waals surface area contributed by atoms with E-state index in [0.29, 0.717) is 12.1 Å². The van der Waals surface area contributed by atoms with Crippen LogP contribution in [0.25, 0.3) is 10.9 Å². The van der Waals surface area contributed by atoms with Gasteiger partial charge < -0.3 is 9.88 Å². The van der Waals surface area contributed by atoms with Gasteiger partial charge in [-0.25, -0.2) is 0 Å². The van der Waals surface area contributed by atoms with Gasteiger partial charge >= 0.3 is 0 Å². The molecule has 0 saturated heterocycles. The lowest BCUT2D eigenvalue weighted by Gasteiger charge is -2.10. The Labute approximate surface area is 114 Å². The number of nitrogens with one attached hydrogen (secondary N) is 1. The molecule has 2 nitrogen and oxygen atoms in total. The van der Waals surface area contributed by atoms with E-state index in [9.17, 15) is 0 Å². The summed E-state index contributed by atoms with van der Waals surface area (Å²) in [5.74, 6) is 0. The molecule has 0 radical (unpaired) electrons. The average Bonchev–Trinajstić information content (AvgIpc) is 2.70. The number of para-hydroxylation sites is 1. The summed E-state index contributed by atoms with van der Waals surface area (Å²) >= 11 is 6.35. The molecule has 98 valence electrons. The molecule has 1 unspecified atom stereocenters. The molecule has 1 aromatic carbocycles. The van der Waals surface area contributed by atoms with Crippen LogP contribution in [0.15, 0.2) is 24.4 Å². The fraction of sp³-hybridized carbons (Fsp3) is 0.467. The number of nitrogens with zero attached hydrogens (tertiary/aromatic N) is 1. The standard InChI is InChI=1S/C15H21ClN2/c1-10(2)18-9-12(8-11(3)17-4)13-6-5-7-14(16)15(13)18/h5-7,9-11,17H,8H2,1-4H3. The van der Waals surface area contributed by atoms with E-state index >= 15 is 0 Å². The first kappa shape index (κ1) is 13.4. The number of halogens is 1. The number of benzene rings is 1. The van der Waals surface area contributed by atoms with Crippen LogP contribution in [0, 0.1) is 0 Å². The van der Waals surface area contributed by atoms with E-state index in [2.05, 4.69) is 42.9 Å². The molecular weight excluding hydrogens is 244 g/mol. The molecule has 1 heterocycles. The molecule has 1 atom stereocenters. The highest BCUT2D eigenvalue weighted by Gasteiger charge is 2.14. The average molecular weight is 265 g/mol. The highest BCUT2D eigenvalue weighted by Crippen LogP contribution is 2.31. The Bertz CT molecular complexity index is 543. The summed E-state index contributed by atoms with van der Waals surface area (Å²) in [5.41, 5.74) is 2.52. The SMILES string of the molecule is CNC(C)Cc1cn(C(C)C)c2c(Cl)cccc12. The van der Waals surface area contributed by atoms with Gasteiger partial charge in [0.1, 0.15) is 0 Å². The van der Waals surface area contributed by atoms with Gasteiger partial charge in [-0.15, -0.1) is 0 Å². The van der Waals surface area contributed by atoms with E-state index in [1.165, 1.54) is 10.9 Å². The maximum atomic E-state index is 6.35. The third kappa shape index (κ3) is 2.40. The Morgan fingerprint density at radius 2 is 2.00 bits per heavy atom. The minimum Gasteiger partial charge on any atom is -0.343 e. The van der Waals surface area contributed by atoms with Crippen molar-refractivity contribution in [3.05, 3.63) is 35.0 Å². The van der Waals surface area contributed by atoms with Crippen LogP contribution in [0.4, 0.5) is 0 Å². The third-order valence-corrected chi connectivity index (χ3v) is 3.77. The zero-order chi connectivity index (χ0) is 13.3. The number of rotatable bonds is 4. The summed E-state index contributed by atoms with van der Waals surface area (Å²) in [4.78, 5) is 0. The van der Waals surface area contributed by atoms with Crippen LogP contribution in [0.1, 0.15) is 32.4 Å². The summed E-state index contributed by atoms with van der Waals surface area (Å²) in [6.45, 7) is 6.57. The number of hydrogen-bond donors (Lipinski definition) is 1. The lowest BCUT2D eigenvalue weighted by atomic mass is 10.1. The fourth-order valence-electron chi connectivity index (χ4n) is 2.34. The summed E-state index contributed by atoms with van der Waals surface area (Å²) in [6.07, 6.45) is 3.27. The molecule has 0 saturated carbocycles. The van der Waals surface area contributed by atoms with Crippen molar-refractivity contribution in [1.82, 2.24) is 9.88 Å². The van der Waals surface area contributed by atoms with Crippen LogP contribution >= 0.6 is 11.6 Å². The van der Waals surface area contributed by atoms with Gasteiger partial charge in [-0.2, -0.15) is 0 Å². The van der Waals surface area contributed by atoms with Crippen molar-refractivity contribution in [2.24, 2.45) is 0 Å². The molecule has 0 aliphatic heterocycles. The third-order valence-electron chi connectivity index (χ3n) is 3.46. The van der Waals surface area contributed by atoms with Crippen LogP contribution in [0.5, 0.6) is 0 Å². The second kappa shape index (κ2) is 5.33. The van der Waals surface area contributed by atoms with Gasteiger partial charge in [0.2, 0.25) is 0 Å². The summed E-state index contributed by atoms with van der Waals surface area (Å²) in [6, 6.07) is 7.05. The molecule has 1 N–H and O–H groups in total. The second-order valence-corrected chi connectivity index (χ2v) is 5.59. The molecule has 2 rings (SSSR count). The maximum absolute atomic E-state index is 6.35. The number of likely N-dealkylation sites (N-methyl/N-ethyl adjacent to an activating group) is 1.